The van der Waals surface area contributed by atoms with Crippen molar-refractivity contribution in [1.82, 2.24) is 0 Å². The van der Waals surface area contributed by atoms with Gasteiger partial charge in [-0.3, -0.25) is 9.59 Å². The molecule has 0 aliphatic heterocycles. The Hall–Kier alpha value is -1.85. The molecule has 0 bridgehead atoms. The van der Waals surface area contributed by atoms with Crippen LogP contribution in [0.5, 0.6) is 0 Å². The highest BCUT2D eigenvalue weighted by atomic mass is 16.5. The van der Waals surface area contributed by atoms with Crippen LogP contribution in [0.15, 0.2) is 12.2 Å². The van der Waals surface area contributed by atoms with E-state index >= 15 is 0 Å². The van der Waals surface area contributed by atoms with E-state index in [-0.39, 0.29) is 32.0 Å². The Balaban J connectivity index is 3.39. The molecule has 0 fully saturated rings. The van der Waals surface area contributed by atoms with Crippen molar-refractivity contribution in [3.05, 3.63) is 12.2 Å². The van der Waals surface area contributed by atoms with Crippen molar-refractivity contribution in [3.8, 4) is 0 Å². The van der Waals surface area contributed by atoms with Crippen LogP contribution < -0.4 is 0 Å². The number of unbranched alkanes of at least 4 members (excludes halogenated alkanes) is 2. The Morgan fingerprint density at radius 1 is 0.950 bits per heavy atom. The second-order valence-electron chi connectivity index (χ2n) is 4.44. The largest absolute Gasteiger partial charge is 0.481 e. The zero-order chi connectivity index (χ0) is 15.4. The van der Waals surface area contributed by atoms with Crippen LogP contribution in [0, 0.1) is 0 Å². The summed E-state index contributed by atoms with van der Waals surface area (Å²) in [6, 6.07) is 0. The molecule has 0 spiro atoms. The van der Waals surface area contributed by atoms with Gasteiger partial charge in [0.1, 0.15) is 0 Å². The number of carboxylic acid groups (broad SMARTS) is 1. The minimum atomic E-state index is -0.822. The second kappa shape index (κ2) is 11.0. The molecular formula is C14H22O6. The van der Waals surface area contributed by atoms with Crippen molar-refractivity contribution in [2.24, 2.45) is 0 Å². The number of rotatable bonds is 11. The molecule has 1 N–H and O–H groups in total. The Bertz CT molecular complexity index is 348. The molecule has 0 amide bonds. The van der Waals surface area contributed by atoms with Crippen LogP contribution in [-0.2, 0) is 23.9 Å². The van der Waals surface area contributed by atoms with Crippen molar-refractivity contribution < 1.29 is 29.0 Å². The van der Waals surface area contributed by atoms with Gasteiger partial charge in [-0.1, -0.05) is 13.0 Å². The van der Waals surface area contributed by atoms with E-state index in [1.54, 1.807) is 6.92 Å². The lowest BCUT2D eigenvalue weighted by molar-refractivity contribution is -0.144. The summed E-state index contributed by atoms with van der Waals surface area (Å²) >= 11 is 0. The summed E-state index contributed by atoms with van der Waals surface area (Å²) in [7, 11) is 0. The molecule has 0 unspecified atom stereocenters. The number of hydrogen-bond acceptors (Lipinski definition) is 5. The van der Waals surface area contributed by atoms with Gasteiger partial charge in [0.25, 0.3) is 0 Å². The number of carbonyl (C=O) groups is 3. The normalized spacial score (nSPS) is 9.85. The third kappa shape index (κ3) is 11.3. The van der Waals surface area contributed by atoms with Crippen LogP contribution >= 0.6 is 0 Å². The summed E-state index contributed by atoms with van der Waals surface area (Å²) in [6.07, 6.45) is 2.74. The fourth-order valence-electron chi connectivity index (χ4n) is 1.33. The molecule has 0 saturated carbocycles. The summed E-state index contributed by atoms with van der Waals surface area (Å²) in [5, 5.41) is 8.43. The molecular weight excluding hydrogens is 264 g/mol. The third-order valence-corrected chi connectivity index (χ3v) is 2.40. The van der Waals surface area contributed by atoms with Gasteiger partial charge in [0.15, 0.2) is 0 Å². The molecule has 0 radical (unpaired) electrons. The zero-order valence-electron chi connectivity index (χ0n) is 11.9. The molecule has 20 heavy (non-hydrogen) atoms. The first-order valence-electron chi connectivity index (χ1n) is 6.63. The standard InChI is InChI=1S/C14H22O6/c1-11(2)14(18)20-10-6-9-19-13(17)8-5-3-4-7-12(15)16/h1,3-10H2,2H3,(H,15,16). The molecule has 6 heteroatoms. The van der Waals surface area contributed by atoms with Crippen molar-refractivity contribution in [2.75, 3.05) is 13.2 Å². The number of carboxylic acids is 1. The first kappa shape index (κ1) is 18.1. The van der Waals surface area contributed by atoms with Crippen LogP contribution in [0.25, 0.3) is 0 Å². The van der Waals surface area contributed by atoms with Crippen molar-refractivity contribution >= 4 is 17.9 Å². The van der Waals surface area contributed by atoms with Crippen molar-refractivity contribution in [1.29, 1.82) is 0 Å². The molecule has 0 aromatic carbocycles. The fraction of sp³-hybridized carbons (Fsp3) is 0.643. The minimum Gasteiger partial charge on any atom is -0.481 e. The van der Waals surface area contributed by atoms with Gasteiger partial charge >= 0.3 is 17.9 Å². The van der Waals surface area contributed by atoms with E-state index in [1.807, 2.05) is 0 Å². The van der Waals surface area contributed by atoms with Crippen molar-refractivity contribution in [2.45, 2.75) is 45.4 Å². The van der Waals surface area contributed by atoms with E-state index in [9.17, 15) is 14.4 Å². The topological polar surface area (TPSA) is 89.9 Å². The van der Waals surface area contributed by atoms with Crippen LogP contribution in [0.1, 0.15) is 45.4 Å². The van der Waals surface area contributed by atoms with Gasteiger partial charge in [-0.2, -0.15) is 0 Å². The maximum Gasteiger partial charge on any atom is 0.333 e. The minimum absolute atomic E-state index is 0.128. The quantitative estimate of drug-likeness (QED) is 0.355. The first-order valence-corrected chi connectivity index (χ1v) is 6.63. The van der Waals surface area contributed by atoms with Crippen LogP contribution in [0.3, 0.4) is 0 Å². The Labute approximate surface area is 118 Å². The highest BCUT2D eigenvalue weighted by Gasteiger charge is 2.05. The molecule has 0 aliphatic carbocycles. The maximum atomic E-state index is 11.3. The van der Waals surface area contributed by atoms with Gasteiger partial charge in [-0.05, 0) is 19.8 Å². The Kier molecular flexibility index (Phi) is 10.00. The van der Waals surface area contributed by atoms with Gasteiger partial charge in [0.05, 0.1) is 13.2 Å². The lowest BCUT2D eigenvalue weighted by atomic mass is 10.1. The predicted molar refractivity (Wildman–Crippen MR) is 72.1 cm³/mol. The van der Waals surface area contributed by atoms with E-state index in [0.717, 1.165) is 0 Å². The van der Waals surface area contributed by atoms with E-state index in [4.69, 9.17) is 14.6 Å². The molecule has 114 valence electrons. The maximum absolute atomic E-state index is 11.3. The SMILES string of the molecule is C=C(C)C(=O)OCCCOC(=O)CCCCCC(=O)O. The molecule has 0 rings (SSSR count). The molecule has 6 nitrogen and oxygen atoms in total. The Morgan fingerprint density at radius 2 is 1.55 bits per heavy atom. The number of esters is 2. The smallest absolute Gasteiger partial charge is 0.333 e. The second-order valence-corrected chi connectivity index (χ2v) is 4.44. The molecule has 0 aromatic rings. The number of hydrogen-bond donors (Lipinski definition) is 1. The average Bonchev–Trinajstić information content (AvgIpc) is 2.37. The van der Waals surface area contributed by atoms with Crippen molar-refractivity contribution in [3.63, 3.8) is 0 Å². The lowest BCUT2D eigenvalue weighted by Crippen LogP contribution is -2.10. The van der Waals surface area contributed by atoms with Gasteiger partial charge in [-0.25, -0.2) is 4.79 Å². The van der Waals surface area contributed by atoms with Gasteiger partial charge < -0.3 is 14.6 Å². The summed E-state index contributed by atoms with van der Waals surface area (Å²) in [5.41, 5.74) is 0.336. The van der Waals surface area contributed by atoms with E-state index in [2.05, 4.69) is 6.58 Å². The predicted octanol–water partition coefficient (Wildman–Crippen LogP) is 2.07. The van der Waals surface area contributed by atoms with E-state index in [0.29, 0.717) is 31.3 Å². The Morgan fingerprint density at radius 3 is 2.15 bits per heavy atom. The number of aliphatic carboxylic acids is 1. The fourth-order valence-corrected chi connectivity index (χ4v) is 1.33. The monoisotopic (exact) mass is 286 g/mol. The van der Waals surface area contributed by atoms with Gasteiger partial charge in [0, 0.05) is 24.8 Å². The highest BCUT2D eigenvalue weighted by Crippen LogP contribution is 2.04. The lowest BCUT2D eigenvalue weighted by Gasteiger charge is -2.06. The van der Waals surface area contributed by atoms with Crippen LogP contribution in [0.2, 0.25) is 0 Å². The van der Waals surface area contributed by atoms with E-state index in [1.165, 1.54) is 0 Å². The molecule has 0 aliphatic rings. The molecule has 0 atom stereocenters. The molecule has 0 aromatic heterocycles. The van der Waals surface area contributed by atoms with Gasteiger partial charge in [-0.15, -0.1) is 0 Å². The summed E-state index contributed by atoms with van der Waals surface area (Å²) in [6.45, 7) is 5.41. The number of ether oxygens (including phenoxy) is 2. The highest BCUT2D eigenvalue weighted by molar-refractivity contribution is 5.86. The van der Waals surface area contributed by atoms with Crippen LogP contribution in [-0.4, -0.2) is 36.2 Å². The molecule has 0 heterocycles. The number of carbonyl (C=O) groups excluding carboxylic acids is 2. The summed E-state index contributed by atoms with van der Waals surface area (Å²) in [4.78, 5) is 32.6. The van der Waals surface area contributed by atoms with Crippen LogP contribution in [0.4, 0.5) is 0 Å². The van der Waals surface area contributed by atoms with Gasteiger partial charge in [0.2, 0.25) is 0 Å². The summed E-state index contributed by atoms with van der Waals surface area (Å²) in [5.74, 6) is -1.59. The average molecular weight is 286 g/mol. The first-order chi connectivity index (χ1) is 9.43. The zero-order valence-corrected chi connectivity index (χ0v) is 11.9. The third-order valence-electron chi connectivity index (χ3n) is 2.40. The summed E-state index contributed by atoms with van der Waals surface area (Å²) < 4.78 is 9.78. The molecule has 0 saturated heterocycles. The van der Waals surface area contributed by atoms with E-state index < -0.39 is 11.9 Å².